The van der Waals surface area contributed by atoms with E-state index in [0.717, 1.165) is 25.0 Å². The summed E-state index contributed by atoms with van der Waals surface area (Å²) in [5.41, 5.74) is -0.147. The summed E-state index contributed by atoms with van der Waals surface area (Å²) in [6.45, 7) is 0.725. The lowest BCUT2D eigenvalue weighted by Gasteiger charge is -2.17. The van der Waals surface area contributed by atoms with Crippen molar-refractivity contribution < 1.29 is 23.1 Å². The van der Waals surface area contributed by atoms with E-state index in [2.05, 4.69) is 0 Å². The molecule has 1 rings (SSSR count). The minimum Gasteiger partial charge on any atom is -0.396 e. The molecule has 118 valence electrons. The molecule has 0 spiro atoms. The number of carbonyl (C=O) groups is 1. The van der Waals surface area contributed by atoms with Gasteiger partial charge in [-0.3, -0.25) is 4.79 Å². The highest BCUT2D eigenvalue weighted by Crippen LogP contribution is 2.29. The summed E-state index contributed by atoms with van der Waals surface area (Å²) in [5, 5.41) is 8.65. The zero-order valence-electron chi connectivity index (χ0n) is 12.0. The number of hydrogen-bond donors (Lipinski definition) is 1. The number of halogens is 3. The lowest BCUT2D eigenvalue weighted by molar-refractivity contribution is -0.137. The van der Waals surface area contributed by atoms with E-state index in [1.807, 2.05) is 0 Å². The lowest BCUT2D eigenvalue weighted by Crippen LogP contribution is -2.29. The highest BCUT2D eigenvalue weighted by Gasteiger charge is 2.29. The lowest BCUT2D eigenvalue weighted by atomic mass is 10.1. The summed E-state index contributed by atoms with van der Waals surface area (Å²) in [6, 6.07) is 4.65. The van der Waals surface area contributed by atoms with Crippen LogP contribution in [-0.4, -0.2) is 36.1 Å². The number of benzene rings is 1. The number of hydrogen-bond acceptors (Lipinski definition) is 2. The third-order valence-corrected chi connectivity index (χ3v) is 3.21. The molecule has 0 unspecified atom stereocenters. The van der Waals surface area contributed by atoms with E-state index in [1.54, 1.807) is 11.9 Å². The summed E-state index contributed by atoms with van der Waals surface area (Å²) >= 11 is 0. The molecule has 0 saturated heterocycles. The summed E-state index contributed by atoms with van der Waals surface area (Å²) < 4.78 is 37.3. The van der Waals surface area contributed by atoms with Gasteiger partial charge in [0.1, 0.15) is 0 Å². The third kappa shape index (κ3) is 6.16. The van der Waals surface area contributed by atoms with Crippen molar-refractivity contribution in [3.63, 3.8) is 0 Å². The molecule has 3 nitrogen and oxygen atoms in total. The Morgan fingerprint density at radius 1 is 1.14 bits per heavy atom. The Kier molecular flexibility index (Phi) is 6.68. The first kappa shape index (κ1) is 17.5. The Hall–Kier alpha value is -1.56. The van der Waals surface area contributed by atoms with Crippen LogP contribution in [0.25, 0.3) is 0 Å². The largest absolute Gasteiger partial charge is 0.416 e. The minimum atomic E-state index is -4.36. The smallest absolute Gasteiger partial charge is 0.396 e. The number of nitrogens with zero attached hydrogens (tertiary/aromatic N) is 1. The number of unbranched alkanes of at least 4 members (excludes halogenated alkanes) is 2. The topological polar surface area (TPSA) is 40.5 Å². The second kappa shape index (κ2) is 8.02. The Bertz CT molecular complexity index is 443. The van der Waals surface area contributed by atoms with Crippen molar-refractivity contribution in [1.29, 1.82) is 0 Å². The van der Waals surface area contributed by atoms with Crippen LogP contribution >= 0.6 is 0 Å². The number of alkyl halides is 3. The molecule has 0 aromatic heterocycles. The first-order chi connectivity index (χ1) is 9.84. The minimum absolute atomic E-state index is 0.0919. The Morgan fingerprint density at radius 2 is 1.76 bits per heavy atom. The van der Waals surface area contributed by atoms with Crippen molar-refractivity contribution in [2.24, 2.45) is 0 Å². The molecule has 0 saturated carbocycles. The molecule has 1 amide bonds. The van der Waals surface area contributed by atoms with Gasteiger partial charge < -0.3 is 10.0 Å². The van der Waals surface area contributed by atoms with Crippen LogP contribution in [0.3, 0.4) is 0 Å². The van der Waals surface area contributed by atoms with Crippen LogP contribution in [0, 0.1) is 0 Å². The summed E-state index contributed by atoms with van der Waals surface area (Å²) in [7, 11) is 1.67. The summed E-state index contributed by atoms with van der Waals surface area (Å²) in [4.78, 5) is 13.5. The van der Waals surface area contributed by atoms with E-state index in [1.165, 1.54) is 12.1 Å². The zero-order chi connectivity index (χ0) is 15.9. The molecule has 6 heteroatoms. The Balaban J connectivity index is 2.47. The van der Waals surface area contributed by atoms with Gasteiger partial charge in [-0.05, 0) is 37.0 Å². The van der Waals surface area contributed by atoms with Crippen molar-refractivity contribution in [1.82, 2.24) is 4.90 Å². The molecule has 0 radical (unpaired) electrons. The van der Waals surface area contributed by atoms with Gasteiger partial charge in [0.15, 0.2) is 0 Å². The van der Waals surface area contributed by atoms with Crippen LogP contribution in [-0.2, 0) is 17.4 Å². The van der Waals surface area contributed by atoms with Gasteiger partial charge in [-0.15, -0.1) is 0 Å². The number of amides is 1. The van der Waals surface area contributed by atoms with Crippen molar-refractivity contribution in [2.45, 2.75) is 31.9 Å². The summed E-state index contributed by atoms with van der Waals surface area (Å²) in [5.74, 6) is -0.126. The Labute approximate surface area is 122 Å². The average molecular weight is 303 g/mol. The van der Waals surface area contributed by atoms with Gasteiger partial charge in [0, 0.05) is 20.2 Å². The van der Waals surface area contributed by atoms with E-state index >= 15 is 0 Å². The SMILES string of the molecule is CN(CCCCCO)C(=O)Cc1ccc(C(F)(F)F)cc1. The van der Waals surface area contributed by atoms with Crippen molar-refractivity contribution in [3.05, 3.63) is 35.4 Å². The van der Waals surface area contributed by atoms with Gasteiger partial charge in [0.05, 0.1) is 12.0 Å². The van der Waals surface area contributed by atoms with Crippen LogP contribution in [0.2, 0.25) is 0 Å². The normalized spacial score (nSPS) is 11.5. The van der Waals surface area contributed by atoms with Crippen molar-refractivity contribution in [2.75, 3.05) is 20.2 Å². The van der Waals surface area contributed by atoms with Gasteiger partial charge in [0.25, 0.3) is 0 Å². The van der Waals surface area contributed by atoms with E-state index in [-0.39, 0.29) is 18.9 Å². The van der Waals surface area contributed by atoms with E-state index in [0.29, 0.717) is 18.5 Å². The molecule has 0 heterocycles. The van der Waals surface area contributed by atoms with Crippen LogP contribution in [0.4, 0.5) is 13.2 Å². The van der Waals surface area contributed by atoms with Crippen molar-refractivity contribution >= 4 is 5.91 Å². The number of rotatable bonds is 7. The maximum atomic E-state index is 12.4. The molecule has 0 aliphatic rings. The maximum absolute atomic E-state index is 12.4. The molecule has 1 aromatic rings. The highest BCUT2D eigenvalue weighted by molar-refractivity contribution is 5.78. The number of carbonyl (C=O) groups excluding carboxylic acids is 1. The van der Waals surface area contributed by atoms with Gasteiger partial charge in [-0.2, -0.15) is 13.2 Å². The first-order valence-electron chi connectivity index (χ1n) is 6.85. The molecule has 21 heavy (non-hydrogen) atoms. The summed E-state index contributed by atoms with van der Waals surface area (Å²) in [6.07, 6.45) is -1.91. The van der Waals surface area contributed by atoms with E-state index in [9.17, 15) is 18.0 Å². The predicted molar refractivity (Wildman–Crippen MR) is 73.7 cm³/mol. The van der Waals surface area contributed by atoms with E-state index < -0.39 is 11.7 Å². The highest BCUT2D eigenvalue weighted by atomic mass is 19.4. The standard InChI is InChI=1S/C15H20F3NO2/c1-19(9-3-2-4-10-20)14(21)11-12-5-7-13(8-6-12)15(16,17)18/h5-8,20H,2-4,9-11H2,1H3. The van der Waals surface area contributed by atoms with E-state index in [4.69, 9.17) is 5.11 Å². The fourth-order valence-corrected chi connectivity index (χ4v) is 1.88. The van der Waals surface area contributed by atoms with Gasteiger partial charge >= 0.3 is 6.18 Å². The molecule has 0 bridgehead atoms. The molecule has 1 N–H and O–H groups in total. The van der Waals surface area contributed by atoms with Crippen LogP contribution in [0.15, 0.2) is 24.3 Å². The third-order valence-electron chi connectivity index (χ3n) is 3.21. The number of aliphatic hydroxyl groups excluding tert-OH is 1. The van der Waals surface area contributed by atoms with Gasteiger partial charge in [-0.1, -0.05) is 12.1 Å². The molecule has 0 aliphatic carbocycles. The molecule has 0 aliphatic heterocycles. The average Bonchev–Trinajstić information content (AvgIpc) is 2.43. The fourth-order valence-electron chi connectivity index (χ4n) is 1.88. The predicted octanol–water partition coefficient (Wildman–Crippen LogP) is 2.87. The zero-order valence-corrected chi connectivity index (χ0v) is 12.0. The number of aliphatic hydroxyl groups is 1. The first-order valence-corrected chi connectivity index (χ1v) is 6.85. The van der Waals surface area contributed by atoms with Crippen LogP contribution in [0.1, 0.15) is 30.4 Å². The molecule has 0 atom stereocenters. The van der Waals surface area contributed by atoms with Crippen LogP contribution in [0.5, 0.6) is 0 Å². The van der Waals surface area contributed by atoms with Crippen LogP contribution < -0.4 is 0 Å². The molecule has 0 fully saturated rings. The molecular formula is C15H20F3NO2. The van der Waals surface area contributed by atoms with Crippen molar-refractivity contribution in [3.8, 4) is 0 Å². The Morgan fingerprint density at radius 3 is 2.29 bits per heavy atom. The monoisotopic (exact) mass is 303 g/mol. The molecular weight excluding hydrogens is 283 g/mol. The quantitative estimate of drug-likeness (QED) is 0.787. The maximum Gasteiger partial charge on any atom is 0.416 e. The second-order valence-electron chi connectivity index (χ2n) is 4.97. The van der Waals surface area contributed by atoms with Gasteiger partial charge in [0.2, 0.25) is 5.91 Å². The second-order valence-corrected chi connectivity index (χ2v) is 4.97. The molecule has 1 aromatic carbocycles. The van der Waals surface area contributed by atoms with Gasteiger partial charge in [-0.25, -0.2) is 0 Å². The fraction of sp³-hybridized carbons (Fsp3) is 0.533. The number of likely N-dealkylation sites (N-methyl/N-ethyl adjacent to an activating group) is 1.